The zero-order valence-electron chi connectivity index (χ0n) is 7.45. The third-order valence-electron chi connectivity index (χ3n) is 2.47. The first kappa shape index (κ1) is 8.11. The molecule has 0 aromatic rings. The van der Waals surface area contributed by atoms with Gasteiger partial charge in [0.1, 0.15) is 0 Å². The Labute approximate surface area is 71.8 Å². The molecule has 0 radical (unpaired) electrons. The normalized spacial score (nSPS) is 33.2. The van der Waals surface area contributed by atoms with Crippen LogP contribution < -0.4 is 0 Å². The van der Waals surface area contributed by atoms with Crippen LogP contribution in [0.4, 0.5) is 0 Å². The molecule has 1 atom stereocenters. The molecule has 50 valence electrons. The van der Waals surface area contributed by atoms with Gasteiger partial charge in [0.05, 0.1) is 0 Å². The summed E-state index contributed by atoms with van der Waals surface area (Å²) in [5.41, 5.74) is 3.97. The van der Waals surface area contributed by atoms with Crippen molar-refractivity contribution in [3.05, 3.63) is 11.1 Å². The summed E-state index contributed by atoms with van der Waals surface area (Å²) in [5, 5.41) is 0. The predicted octanol–water partition coefficient (Wildman–Crippen LogP) is 1.68. The van der Waals surface area contributed by atoms with Gasteiger partial charge in [-0.1, -0.05) is 0 Å². The van der Waals surface area contributed by atoms with Gasteiger partial charge in [0.25, 0.3) is 0 Å². The van der Waals surface area contributed by atoms with Crippen molar-refractivity contribution in [2.75, 3.05) is 0 Å². The molecule has 0 N–H and O–H groups in total. The van der Waals surface area contributed by atoms with E-state index in [0.717, 1.165) is 0 Å². The van der Waals surface area contributed by atoms with Gasteiger partial charge < -0.3 is 0 Å². The fourth-order valence-electron chi connectivity index (χ4n) is 1.32. The molecule has 1 nitrogen and oxygen atoms in total. The number of rotatable bonds is 0. The van der Waals surface area contributed by atoms with Gasteiger partial charge in [-0.15, -0.1) is 0 Å². The minimum atomic E-state index is 0.0637. The van der Waals surface area contributed by atoms with Crippen molar-refractivity contribution in [3.63, 3.8) is 0 Å². The Morgan fingerprint density at radius 1 is 1.30 bits per heavy atom. The van der Waals surface area contributed by atoms with E-state index in [2.05, 4.69) is 50.4 Å². The van der Waals surface area contributed by atoms with Crippen LogP contribution >= 0.6 is 0 Å². The van der Waals surface area contributed by atoms with Crippen LogP contribution in [-0.4, -0.2) is 27.6 Å². The first-order valence-electron chi connectivity index (χ1n) is 3.70. The quantitative estimate of drug-likeness (QED) is 0.441. The van der Waals surface area contributed by atoms with E-state index in [1.165, 1.54) is 16.9 Å². The van der Waals surface area contributed by atoms with E-state index < -0.39 is 0 Å². The average molecular weight is 129 g/mol. The van der Waals surface area contributed by atoms with E-state index in [0.29, 0.717) is 0 Å². The van der Waals surface area contributed by atoms with Crippen LogP contribution in [0.2, 0.25) is 0 Å². The summed E-state index contributed by atoms with van der Waals surface area (Å²) in [4.78, 5) is 4.53. The fourth-order valence-corrected chi connectivity index (χ4v) is 1.32. The van der Waals surface area contributed by atoms with E-state index >= 15 is 0 Å². The predicted molar refractivity (Wildman–Crippen MR) is 45.6 cm³/mol. The maximum atomic E-state index is 4.53. The Bertz CT molecular complexity index is 223. The summed E-state index contributed by atoms with van der Waals surface area (Å²) in [6.45, 7) is 8.54. The second kappa shape index (κ2) is 2.25. The minimum absolute atomic E-state index is 0.0637. The zero-order chi connectivity index (χ0) is 7.94. The van der Waals surface area contributed by atoms with E-state index in [1.807, 2.05) is 0 Å². The first-order valence-corrected chi connectivity index (χ1v) is 3.70. The molecule has 1 unspecified atom stereocenters. The summed E-state index contributed by atoms with van der Waals surface area (Å²) in [5.74, 6) is 0. The van der Waals surface area contributed by atoms with Crippen LogP contribution in [0.5, 0.6) is 0 Å². The van der Waals surface area contributed by atoms with Crippen LogP contribution in [0.1, 0.15) is 27.7 Å². The van der Waals surface area contributed by atoms with E-state index in [1.54, 1.807) is 0 Å². The molecule has 2 heteroatoms. The van der Waals surface area contributed by atoms with Crippen molar-refractivity contribution < 1.29 is 0 Å². The van der Waals surface area contributed by atoms with Gasteiger partial charge in [-0.25, -0.2) is 0 Å². The molecule has 0 saturated carbocycles. The molecule has 0 spiro atoms. The third-order valence-corrected chi connectivity index (χ3v) is 2.47. The molecule has 0 amide bonds. The molecule has 1 heterocycles. The molecular weight excluding hydrogens is 117 g/mol. The van der Waals surface area contributed by atoms with Gasteiger partial charge in [0.15, 0.2) is 0 Å². The van der Waals surface area contributed by atoms with Gasteiger partial charge in [0.2, 0.25) is 0 Å². The molecule has 0 fully saturated rings. The van der Waals surface area contributed by atoms with E-state index in [9.17, 15) is 0 Å². The van der Waals surface area contributed by atoms with Gasteiger partial charge in [-0.2, -0.15) is 0 Å². The maximum absolute atomic E-state index is 4.53. The van der Waals surface area contributed by atoms with Gasteiger partial charge >= 0.3 is 71.5 Å². The topological polar surface area (TPSA) is 12.4 Å². The van der Waals surface area contributed by atoms with Crippen molar-refractivity contribution in [1.29, 1.82) is 0 Å². The van der Waals surface area contributed by atoms with Gasteiger partial charge in [0, 0.05) is 0 Å². The zero-order valence-corrected chi connectivity index (χ0v) is 7.45. The molecular formula is C8H12LiN. The standard InChI is InChI=1S/C8H12N.Li/c1-5-6(2)8(4)9-7(5)3;/h1-4H3;. The molecule has 0 aliphatic carbocycles. The van der Waals surface area contributed by atoms with Crippen LogP contribution in [0.25, 0.3) is 0 Å². The Hall–Kier alpha value is 0.00740. The fraction of sp³-hybridized carbons (Fsp3) is 0.625. The summed E-state index contributed by atoms with van der Waals surface area (Å²) >= 11 is 2.16. The van der Waals surface area contributed by atoms with Crippen molar-refractivity contribution in [3.8, 4) is 0 Å². The second-order valence-electron chi connectivity index (χ2n) is 3.51. The van der Waals surface area contributed by atoms with Crippen LogP contribution in [0.3, 0.4) is 0 Å². The van der Waals surface area contributed by atoms with Crippen molar-refractivity contribution in [1.82, 2.24) is 0 Å². The number of allylic oxidation sites excluding steroid dienone is 1. The van der Waals surface area contributed by atoms with Gasteiger partial charge in [-0.05, 0) is 0 Å². The Balaban J connectivity index is 3.12. The Morgan fingerprint density at radius 3 is 1.90 bits per heavy atom. The molecule has 0 bridgehead atoms. The summed E-state index contributed by atoms with van der Waals surface area (Å²) in [6, 6.07) is 0. The molecule has 1 aliphatic rings. The number of nitrogens with zero attached hydrogens (tertiary/aromatic N) is 1. The SMILES string of the molecule is [Li][C]1(C)N=C(C)C(C)=C1C. The monoisotopic (exact) mass is 129 g/mol. The summed E-state index contributed by atoms with van der Waals surface area (Å²) < 4.78 is 0.0637. The van der Waals surface area contributed by atoms with Crippen molar-refractivity contribution in [2.45, 2.75) is 31.9 Å². The molecule has 0 saturated heterocycles. The van der Waals surface area contributed by atoms with Gasteiger partial charge in [-0.3, -0.25) is 0 Å². The van der Waals surface area contributed by atoms with Crippen molar-refractivity contribution in [2.24, 2.45) is 4.99 Å². The number of aliphatic imine (C=N–C) groups is 1. The van der Waals surface area contributed by atoms with E-state index in [4.69, 9.17) is 0 Å². The van der Waals surface area contributed by atoms with Crippen molar-refractivity contribution >= 4 is 23.4 Å². The molecule has 1 rings (SSSR count). The van der Waals surface area contributed by atoms with E-state index in [-0.39, 0.29) is 4.21 Å². The first-order chi connectivity index (χ1) is 4.45. The summed E-state index contributed by atoms with van der Waals surface area (Å²) in [7, 11) is 0. The van der Waals surface area contributed by atoms with Crippen LogP contribution in [-0.2, 0) is 0 Å². The molecule has 1 aliphatic heterocycles. The molecule has 0 aromatic heterocycles. The van der Waals surface area contributed by atoms with Crippen LogP contribution in [0.15, 0.2) is 16.1 Å². The molecule has 0 aromatic carbocycles. The third kappa shape index (κ3) is 1.09. The average Bonchev–Trinajstić information content (AvgIpc) is 1.95. The number of hydrogen-bond donors (Lipinski definition) is 0. The Morgan fingerprint density at radius 2 is 1.80 bits per heavy atom. The second-order valence-corrected chi connectivity index (χ2v) is 3.51. The summed E-state index contributed by atoms with van der Waals surface area (Å²) in [6.07, 6.45) is 0. The molecule has 10 heavy (non-hydrogen) atoms. The number of hydrogen-bond acceptors (Lipinski definition) is 1. The van der Waals surface area contributed by atoms with Crippen LogP contribution in [0, 0.1) is 0 Å². The Kier molecular flexibility index (Phi) is 1.83.